The van der Waals surface area contributed by atoms with Gasteiger partial charge in [0.1, 0.15) is 0 Å². The van der Waals surface area contributed by atoms with Gasteiger partial charge in [-0.2, -0.15) is 8.78 Å². The predicted octanol–water partition coefficient (Wildman–Crippen LogP) is 2.99. The smallest absolute Gasteiger partial charge is 0.303 e. The van der Waals surface area contributed by atoms with Crippen molar-refractivity contribution in [3.8, 4) is 0 Å². The predicted molar refractivity (Wildman–Crippen MR) is 88.5 cm³/mol. The van der Waals surface area contributed by atoms with E-state index in [1.807, 2.05) is 0 Å². The van der Waals surface area contributed by atoms with Crippen LogP contribution in [0.1, 0.15) is 31.6 Å². The Kier molecular flexibility index (Phi) is 4.12. The van der Waals surface area contributed by atoms with Crippen molar-refractivity contribution in [3.05, 3.63) is 33.0 Å². The Morgan fingerprint density at radius 1 is 1.36 bits per heavy atom. The van der Waals surface area contributed by atoms with Gasteiger partial charge >= 0.3 is 5.92 Å². The average molecular weight is 416 g/mol. The van der Waals surface area contributed by atoms with Crippen LogP contribution in [0.3, 0.4) is 0 Å². The molecule has 0 bridgehead atoms. The van der Waals surface area contributed by atoms with Crippen LogP contribution in [0.4, 0.5) is 8.78 Å². The number of hydrogen-bond donors (Lipinski definition) is 0. The number of halogens is 3. The normalized spacial score (nSPS) is 20.3. The minimum atomic E-state index is -3.18. The minimum Gasteiger partial charge on any atom is -0.348 e. The van der Waals surface area contributed by atoms with Crippen molar-refractivity contribution in [1.29, 1.82) is 0 Å². The van der Waals surface area contributed by atoms with Gasteiger partial charge in [-0.25, -0.2) is 9.97 Å². The van der Waals surface area contributed by atoms with Gasteiger partial charge < -0.3 is 14.0 Å². The second-order valence-electron chi connectivity index (χ2n) is 6.47. The van der Waals surface area contributed by atoms with Crippen LogP contribution < -0.4 is 5.56 Å². The molecule has 1 saturated heterocycles. The van der Waals surface area contributed by atoms with Crippen LogP contribution in [-0.2, 0) is 15.4 Å². The van der Waals surface area contributed by atoms with E-state index in [1.165, 1.54) is 6.20 Å². The van der Waals surface area contributed by atoms with Gasteiger partial charge in [-0.05, 0) is 34.7 Å². The maximum absolute atomic E-state index is 13.5. The number of fused-ring (bicyclic) bond motifs is 1. The van der Waals surface area contributed by atoms with Gasteiger partial charge in [-0.1, -0.05) is 0 Å². The van der Waals surface area contributed by atoms with Crippen molar-refractivity contribution in [3.63, 3.8) is 0 Å². The first-order valence-corrected chi connectivity index (χ1v) is 8.84. The fourth-order valence-electron chi connectivity index (χ4n) is 3.13. The van der Waals surface area contributed by atoms with Gasteiger partial charge in [0.25, 0.3) is 5.56 Å². The highest BCUT2D eigenvalue weighted by Gasteiger charge is 2.41. The molecule has 2 fully saturated rings. The number of alkyl halides is 2. The molecule has 1 aliphatic heterocycles. The van der Waals surface area contributed by atoms with Gasteiger partial charge in [0.15, 0.2) is 12.1 Å². The van der Waals surface area contributed by atoms with Crippen molar-refractivity contribution in [2.45, 2.75) is 38.0 Å². The third-order valence-corrected chi connectivity index (χ3v) is 5.06. The summed E-state index contributed by atoms with van der Waals surface area (Å²) in [7, 11) is 0. The second kappa shape index (κ2) is 6.07. The van der Waals surface area contributed by atoms with E-state index in [-0.39, 0.29) is 22.5 Å². The fraction of sp³-hybridized carbons (Fsp3) is 0.562. The Morgan fingerprint density at radius 3 is 2.64 bits per heavy atom. The molecule has 3 heterocycles. The number of nitrogens with zero attached hydrogens (tertiary/aromatic N) is 3. The minimum absolute atomic E-state index is 0.176. The third-order valence-electron chi connectivity index (χ3n) is 4.48. The van der Waals surface area contributed by atoms with Crippen LogP contribution in [0.15, 0.2) is 21.7 Å². The molecule has 1 saturated carbocycles. The van der Waals surface area contributed by atoms with Gasteiger partial charge in [-0.15, -0.1) is 0 Å². The van der Waals surface area contributed by atoms with Crippen LogP contribution in [0.25, 0.3) is 10.9 Å². The molecule has 0 amide bonds. The van der Waals surface area contributed by atoms with Gasteiger partial charge in [0.2, 0.25) is 0 Å². The molecule has 1 aliphatic carbocycles. The highest BCUT2D eigenvalue weighted by Crippen LogP contribution is 2.43. The van der Waals surface area contributed by atoms with E-state index in [0.29, 0.717) is 23.6 Å². The molecule has 134 valence electrons. The third kappa shape index (κ3) is 3.09. The highest BCUT2D eigenvalue weighted by molar-refractivity contribution is 9.10. The van der Waals surface area contributed by atoms with Crippen LogP contribution in [0, 0.1) is 5.92 Å². The molecule has 1 unspecified atom stereocenters. The first-order chi connectivity index (χ1) is 11.9. The molecule has 9 heteroatoms. The number of hydrogen-bond acceptors (Lipinski definition) is 5. The van der Waals surface area contributed by atoms with Gasteiger partial charge in [0, 0.05) is 19.3 Å². The maximum atomic E-state index is 13.5. The van der Waals surface area contributed by atoms with Gasteiger partial charge in [-0.3, -0.25) is 4.79 Å². The lowest BCUT2D eigenvalue weighted by molar-refractivity contribution is -0.0844. The number of ether oxygens (including phenoxy) is 2. The molecule has 4 rings (SSSR count). The summed E-state index contributed by atoms with van der Waals surface area (Å²) in [6.07, 6.45) is 4.26. The SMILES string of the molecule is CC(F)(F)c1ncc2c(=O)n(C(C3CC3)C3OCCO3)cc(Br)c2n1. The molecule has 0 aromatic carbocycles. The molecule has 25 heavy (non-hydrogen) atoms. The number of rotatable bonds is 4. The first kappa shape index (κ1) is 17.0. The Bertz CT molecular complexity index is 873. The Balaban J connectivity index is 1.85. The zero-order chi connectivity index (χ0) is 17.8. The fourth-order valence-corrected chi connectivity index (χ4v) is 3.65. The standard InChI is InChI=1S/C16H16BrF2N3O3/c1-16(18,19)15-20-6-9-11(21-15)10(17)7-22(13(9)23)12(8-2-3-8)14-24-4-5-25-14/h6-8,12,14H,2-5H2,1H3. The summed E-state index contributed by atoms with van der Waals surface area (Å²) < 4.78 is 40.2. The Morgan fingerprint density at radius 2 is 2.04 bits per heavy atom. The molecule has 6 nitrogen and oxygen atoms in total. The highest BCUT2D eigenvalue weighted by atomic mass is 79.9. The number of aromatic nitrogens is 3. The largest absolute Gasteiger partial charge is 0.348 e. The lowest BCUT2D eigenvalue weighted by atomic mass is 10.1. The molecule has 2 aromatic heterocycles. The maximum Gasteiger partial charge on any atom is 0.303 e. The summed E-state index contributed by atoms with van der Waals surface area (Å²) in [6, 6.07) is -0.247. The lowest BCUT2D eigenvalue weighted by Gasteiger charge is -2.25. The van der Waals surface area contributed by atoms with Crippen molar-refractivity contribution in [1.82, 2.24) is 14.5 Å². The van der Waals surface area contributed by atoms with E-state index in [4.69, 9.17) is 9.47 Å². The monoisotopic (exact) mass is 415 g/mol. The van der Waals surface area contributed by atoms with Crippen LogP contribution >= 0.6 is 15.9 Å². The van der Waals surface area contributed by atoms with E-state index >= 15 is 0 Å². The topological polar surface area (TPSA) is 66.2 Å². The van der Waals surface area contributed by atoms with Crippen molar-refractivity contribution < 1.29 is 18.3 Å². The molecular formula is C16H16BrF2N3O3. The Labute approximate surface area is 150 Å². The number of pyridine rings is 1. The molecule has 0 N–H and O–H groups in total. The molecule has 0 radical (unpaired) electrons. The lowest BCUT2D eigenvalue weighted by Crippen LogP contribution is -2.34. The molecule has 1 atom stereocenters. The van der Waals surface area contributed by atoms with Crippen molar-refractivity contribution in [2.24, 2.45) is 5.92 Å². The zero-order valence-electron chi connectivity index (χ0n) is 13.4. The summed E-state index contributed by atoms with van der Waals surface area (Å²) in [5.74, 6) is -3.49. The summed E-state index contributed by atoms with van der Waals surface area (Å²) in [6.45, 7) is 1.71. The van der Waals surface area contributed by atoms with E-state index in [0.717, 1.165) is 19.8 Å². The average Bonchev–Trinajstić information content (AvgIpc) is 3.25. The Hall–Kier alpha value is -1.45. The molecular weight excluding hydrogens is 400 g/mol. The van der Waals surface area contributed by atoms with Crippen molar-refractivity contribution >= 4 is 26.8 Å². The molecule has 2 aromatic rings. The van der Waals surface area contributed by atoms with Crippen LogP contribution in [0.5, 0.6) is 0 Å². The van der Waals surface area contributed by atoms with E-state index < -0.39 is 18.0 Å². The molecule has 2 aliphatic rings. The summed E-state index contributed by atoms with van der Waals surface area (Å²) in [5, 5.41) is 0.186. The summed E-state index contributed by atoms with van der Waals surface area (Å²) in [4.78, 5) is 20.5. The molecule has 0 spiro atoms. The van der Waals surface area contributed by atoms with E-state index in [1.54, 1.807) is 10.8 Å². The van der Waals surface area contributed by atoms with Crippen LogP contribution in [-0.4, -0.2) is 34.0 Å². The summed E-state index contributed by atoms with van der Waals surface area (Å²) in [5.41, 5.74) is -0.157. The van der Waals surface area contributed by atoms with E-state index in [2.05, 4.69) is 25.9 Å². The van der Waals surface area contributed by atoms with E-state index in [9.17, 15) is 13.6 Å². The first-order valence-electron chi connectivity index (χ1n) is 8.05. The zero-order valence-corrected chi connectivity index (χ0v) is 15.0. The van der Waals surface area contributed by atoms with Crippen molar-refractivity contribution in [2.75, 3.05) is 13.2 Å². The quantitative estimate of drug-likeness (QED) is 0.767. The van der Waals surface area contributed by atoms with Gasteiger partial charge in [0.05, 0.1) is 34.6 Å². The summed E-state index contributed by atoms with van der Waals surface area (Å²) >= 11 is 3.35. The van der Waals surface area contributed by atoms with Crippen LogP contribution in [0.2, 0.25) is 0 Å². The second-order valence-corrected chi connectivity index (χ2v) is 7.33.